The largest absolute Gasteiger partial charge is 0.485 e. The molecule has 0 amide bonds. The van der Waals surface area contributed by atoms with Gasteiger partial charge in [0.25, 0.3) is 0 Å². The number of carbonyl (C=O) groups excluding carboxylic acids is 1. The second-order valence-electron chi connectivity index (χ2n) is 4.96. The van der Waals surface area contributed by atoms with Crippen molar-refractivity contribution in [3.8, 4) is 5.75 Å². The van der Waals surface area contributed by atoms with Gasteiger partial charge in [-0.25, -0.2) is 0 Å². The summed E-state index contributed by atoms with van der Waals surface area (Å²) in [6, 6.07) is 6.04. The van der Waals surface area contributed by atoms with Crippen LogP contribution in [-0.2, 0) is 4.79 Å². The zero-order valence-corrected chi connectivity index (χ0v) is 10.7. The molecule has 0 unspecified atom stereocenters. The van der Waals surface area contributed by atoms with E-state index in [0.29, 0.717) is 0 Å². The van der Waals surface area contributed by atoms with Gasteiger partial charge in [-0.05, 0) is 37.8 Å². The van der Waals surface area contributed by atoms with E-state index in [2.05, 4.69) is 0 Å². The minimum atomic E-state index is 0.232. The number of ether oxygens (including phenoxy) is 1. The molecule has 1 aromatic carbocycles. The maximum absolute atomic E-state index is 11.9. The van der Waals surface area contributed by atoms with Crippen molar-refractivity contribution in [1.29, 1.82) is 0 Å². The minimum absolute atomic E-state index is 0.232. The Hall–Kier alpha value is -1.31. The average molecular weight is 232 g/mol. The Kier molecular flexibility index (Phi) is 3.82. The number of hydrogen-bond acceptors (Lipinski definition) is 2. The number of Topliss-reactive ketones (excluding diaryl/α,β-unsaturated/α-hetero) is 1. The van der Waals surface area contributed by atoms with Gasteiger partial charge in [0.1, 0.15) is 12.4 Å². The molecule has 1 fully saturated rings. The smallest absolute Gasteiger partial charge is 0.173 e. The maximum atomic E-state index is 11.9. The van der Waals surface area contributed by atoms with E-state index in [-0.39, 0.29) is 18.3 Å². The van der Waals surface area contributed by atoms with Gasteiger partial charge in [0.2, 0.25) is 0 Å². The van der Waals surface area contributed by atoms with Crippen LogP contribution in [0.2, 0.25) is 0 Å². The summed E-state index contributed by atoms with van der Waals surface area (Å²) in [5, 5.41) is 0. The molecule has 2 nitrogen and oxygen atoms in total. The summed E-state index contributed by atoms with van der Waals surface area (Å²) in [5.41, 5.74) is 2.20. The zero-order chi connectivity index (χ0) is 12.3. The lowest BCUT2D eigenvalue weighted by molar-refractivity contribution is -0.124. The first-order valence-electron chi connectivity index (χ1n) is 6.40. The van der Waals surface area contributed by atoms with Crippen LogP contribution in [0.4, 0.5) is 0 Å². The van der Waals surface area contributed by atoms with E-state index in [1.165, 1.54) is 12.8 Å². The van der Waals surface area contributed by atoms with Crippen molar-refractivity contribution in [2.24, 2.45) is 5.92 Å². The van der Waals surface area contributed by atoms with Crippen LogP contribution in [-0.4, -0.2) is 12.4 Å². The fourth-order valence-electron chi connectivity index (χ4n) is 2.54. The molecule has 1 aliphatic rings. The summed E-state index contributed by atoms with van der Waals surface area (Å²) < 4.78 is 5.69. The normalized spacial score (nSPS) is 16.1. The second-order valence-corrected chi connectivity index (χ2v) is 4.96. The van der Waals surface area contributed by atoms with Gasteiger partial charge < -0.3 is 4.74 Å². The third-order valence-corrected chi connectivity index (χ3v) is 3.58. The maximum Gasteiger partial charge on any atom is 0.173 e. The van der Waals surface area contributed by atoms with E-state index in [1.54, 1.807) is 0 Å². The molecule has 17 heavy (non-hydrogen) atoms. The molecule has 0 N–H and O–H groups in total. The SMILES string of the molecule is Cc1cccc(C)c1OCC(=O)C1CCCC1. The van der Waals surface area contributed by atoms with Crippen molar-refractivity contribution in [3.63, 3.8) is 0 Å². The molecule has 1 saturated carbocycles. The predicted octanol–water partition coefficient (Wildman–Crippen LogP) is 3.44. The van der Waals surface area contributed by atoms with E-state index in [0.717, 1.165) is 29.7 Å². The molecule has 0 aliphatic heterocycles. The third-order valence-electron chi connectivity index (χ3n) is 3.58. The Bertz CT molecular complexity index is 383. The van der Waals surface area contributed by atoms with Gasteiger partial charge in [0.15, 0.2) is 5.78 Å². The van der Waals surface area contributed by atoms with Crippen LogP contribution >= 0.6 is 0 Å². The van der Waals surface area contributed by atoms with Gasteiger partial charge in [-0.15, -0.1) is 0 Å². The van der Waals surface area contributed by atoms with Crippen molar-refractivity contribution < 1.29 is 9.53 Å². The van der Waals surface area contributed by atoms with E-state index >= 15 is 0 Å². The molecule has 2 heteroatoms. The molecule has 0 spiro atoms. The Balaban J connectivity index is 1.95. The summed E-state index contributed by atoms with van der Waals surface area (Å²) >= 11 is 0. The van der Waals surface area contributed by atoms with Gasteiger partial charge in [0, 0.05) is 5.92 Å². The third kappa shape index (κ3) is 2.87. The second kappa shape index (κ2) is 5.35. The molecular formula is C15H20O2. The molecular weight excluding hydrogens is 212 g/mol. The van der Waals surface area contributed by atoms with Crippen LogP contribution < -0.4 is 4.74 Å². The molecule has 0 saturated heterocycles. The molecule has 0 radical (unpaired) electrons. The number of ketones is 1. The summed E-state index contributed by atoms with van der Waals surface area (Å²) in [6.07, 6.45) is 4.49. The fourth-order valence-corrected chi connectivity index (χ4v) is 2.54. The van der Waals surface area contributed by atoms with E-state index in [1.807, 2.05) is 32.0 Å². The number of aryl methyl sites for hydroxylation is 2. The Labute approximate surface area is 103 Å². The van der Waals surface area contributed by atoms with Crippen molar-refractivity contribution in [3.05, 3.63) is 29.3 Å². The number of rotatable bonds is 4. The molecule has 1 aromatic rings. The van der Waals surface area contributed by atoms with Crippen molar-refractivity contribution >= 4 is 5.78 Å². The highest BCUT2D eigenvalue weighted by atomic mass is 16.5. The molecule has 0 aromatic heterocycles. The monoisotopic (exact) mass is 232 g/mol. The quantitative estimate of drug-likeness (QED) is 0.795. The van der Waals surface area contributed by atoms with Gasteiger partial charge in [-0.2, -0.15) is 0 Å². The van der Waals surface area contributed by atoms with Crippen molar-refractivity contribution in [1.82, 2.24) is 0 Å². The average Bonchev–Trinajstić information content (AvgIpc) is 2.81. The van der Waals surface area contributed by atoms with Crippen LogP contribution in [0, 0.1) is 19.8 Å². The van der Waals surface area contributed by atoms with Crippen LogP contribution in [0.3, 0.4) is 0 Å². The number of carbonyl (C=O) groups is 1. The summed E-state index contributed by atoms with van der Waals surface area (Å²) in [4.78, 5) is 11.9. The summed E-state index contributed by atoms with van der Waals surface area (Å²) in [6.45, 7) is 4.26. The van der Waals surface area contributed by atoms with E-state index < -0.39 is 0 Å². The van der Waals surface area contributed by atoms with E-state index in [4.69, 9.17) is 4.74 Å². The molecule has 0 heterocycles. The minimum Gasteiger partial charge on any atom is -0.485 e. The molecule has 92 valence electrons. The highest BCUT2D eigenvalue weighted by Crippen LogP contribution is 2.27. The highest BCUT2D eigenvalue weighted by molar-refractivity contribution is 5.82. The number of para-hydroxylation sites is 1. The highest BCUT2D eigenvalue weighted by Gasteiger charge is 2.23. The summed E-state index contributed by atoms with van der Waals surface area (Å²) in [7, 11) is 0. The molecule has 0 atom stereocenters. The summed E-state index contributed by atoms with van der Waals surface area (Å²) in [5.74, 6) is 1.39. The van der Waals surface area contributed by atoms with Crippen LogP contribution in [0.5, 0.6) is 5.75 Å². The standard InChI is InChI=1S/C15H20O2/c1-11-6-5-7-12(2)15(11)17-10-14(16)13-8-3-4-9-13/h5-7,13H,3-4,8-10H2,1-2H3. The number of hydrogen-bond donors (Lipinski definition) is 0. The van der Waals surface area contributed by atoms with Crippen LogP contribution in [0.15, 0.2) is 18.2 Å². The fraction of sp³-hybridized carbons (Fsp3) is 0.533. The van der Waals surface area contributed by atoms with Crippen LogP contribution in [0.1, 0.15) is 36.8 Å². The first kappa shape index (κ1) is 12.2. The van der Waals surface area contributed by atoms with E-state index in [9.17, 15) is 4.79 Å². The lowest BCUT2D eigenvalue weighted by Gasteiger charge is -2.13. The van der Waals surface area contributed by atoms with Crippen LogP contribution in [0.25, 0.3) is 0 Å². The predicted molar refractivity (Wildman–Crippen MR) is 68.4 cm³/mol. The van der Waals surface area contributed by atoms with Crippen molar-refractivity contribution in [2.45, 2.75) is 39.5 Å². The first-order chi connectivity index (χ1) is 8.18. The van der Waals surface area contributed by atoms with Gasteiger partial charge in [-0.1, -0.05) is 31.0 Å². The molecule has 1 aliphatic carbocycles. The topological polar surface area (TPSA) is 26.3 Å². The number of benzene rings is 1. The lowest BCUT2D eigenvalue weighted by Crippen LogP contribution is -2.19. The van der Waals surface area contributed by atoms with Crippen molar-refractivity contribution in [2.75, 3.05) is 6.61 Å². The van der Waals surface area contributed by atoms with Gasteiger partial charge in [0.05, 0.1) is 0 Å². The lowest BCUT2D eigenvalue weighted by atomic mass is 10.0. The first-order valence-corrected chi connectivity index (χ1v) is 6.40. The Morgan fingerprint density at radius 2 is 1.82 bits per heavy atom. The van der Waals surface area contributed by atoms with Gasteiger partial charge >= 0.3 is 0 Å². The Morgan fingerprint density at radius 3 is 2.41 bits per heavy atom. The zero-order valence-electron chi connectivity index (χ0n) is 10.7. The van der Waals surface area contributed by atoms with Gasteiger partial charge in [-0.3, -0.25) is 4.79 Å². The Morgan fingerprint density at radius 1 is 1.24 bits per heavy atom. The molecule has 0 bridgehead atoms. The molecule has 2 rings (SSSR count).